The Bertz CT molecular complexity index is 223. The highest BCUT2D eigenvalue weighted by Gasteiger charge is 2.27. The van der Waals surface area contributed by atoms with E-state index < -0.39 is 23.7 Å². The van der Waals surface area contributed by atoms with Crippen LogP contribution in [0.5, 0.6) is 0 Å². The summed E-state index contributed by atoms with van der Waals surface area (Å²) >= 11 is 0. The van der Waals surface area contributed by atoms with Crippen molar-refractivity contribution < 1.29 is 9.59 Å². The van der Waals surface area contributed by atoms with E-state index in [-0.39, 0.29) is 0 Å². The summed E-state index contributed by atoms with van der Waals surface area (Å²) in [7, 11) is 0. The van der Waals surface area contributed by atoms with Gasteiger partial charge in [-0.3, -0.25) is 9.59 Å². The molecule has 0 fully saturated rings. The van der Waals surface area contributed by atoms with E-state index in [1.54, 1.807) is 0 Å². The van der Waals surface area contributed by atoms with E-state index in [9.17, 15) is 9.59 Å². The minimum Gasteiger partial charge on any atom is -0.321 e. The van der Waals surface area contributed by atoms with E-state index in [4.69, 9.17) is 11.5 Å². The van der Waals surface area contributed by atoms with Gasteiger partial charge in [0.2, 0.25) is 11.6 Å². The molecule has 4 heteroatoms. The fourth-order valence-electron chi connectivity index (χ4n) is 1.60. The van der Waals surface area contributed by atoms with E-state index in [1.807, 2.05) is 27.7 Å². The van der Waals surface area contributed by atoms with Crippen molar-refractivity contribution in [3.8, 4) is 0 Å². The third-order valence-electron chi connectivity index (χ3n) is 2.37. The van der Waals surface area contributed by atoms with Gasteiger partial charge in [0.15, 0.2) is 0 Å². The smallest absolute Gasteiger partial charge is 0.216 e. The SMILES string of the molecule is CC(C)C[C@H](N)C(=O)C(=O)[C@@H](N)CC(C)C. The Morgan fingerprint density at radius 1 is 0.812 bits per heavy atom. The van der Waals surface area contributed by atoms with Gasteiger partial charge in [0.25, 0.3) is 0 Å². The highest BCUT2D eigenvalue weighted by Crippen LogP contribution is 2.08. The lowest BCUT2D eigenvalue weighted by Gasteiger charge is -2.16. The van der Waals surface area contributed by atoms with Crippen LogP contribution < -0.4 is 11.5 Å². The summed E-state index contributed by atoms with van der Waals surface area (Å²) in [5.41, 5.74) is 11.3. The maximum absolute atomic E-state index is 11.6. The highest BCUT2D eigenvalue weighted by atomic mass is 16.2. The molecule has 0 aliphatic rings. The van der Waals surface area contributed by atoms with Gasteiger partial charge >= 0.3 is 0 Å². The molecule has 0 aromatic carbocycles. The van der Waals surface area contributed by atoms with E-state index >= 15 is 0 Å². The molecule has 94 valence electrons. The molecule has 0 bridgehead atoms. The van der Waals surface area contributed by atoms with Gasteiger partial charge in [0, 0.05) is 0 Å². The number of carbonyl (C=O) groups excluding carboxylic acids is 2. The normalized spacial score (nSPS) is 15.2. The first-order chi connectivity index (χ1) is 7.25. The molecule has 0 saturated heterocycles. The van der Waals surface area contributed by atoms with Crippen LogP contribution in [0.1, 0.15) is 40.5 Å². The van der Waals surface area contributed by atoms with Crippen LogP contribution in [0.15, 0.2) is 0 Å². The molecule has 0 rings (SSSR count). The van der Waals surface area contributed by atoms with E-state index in [2.05, 4.69) is 0 Å². The Morgan fingerprint density at radius 3 is 1.25 bits per heavy atom. The van der Waals surface area contributed by atoms with Crippen molar-refractivity contribution in [2.45, 2.75) is 52.6 Å². The van der Waals surface area contributed by atoms with Gasteiger partial charge in [-0.25, -0.2) is 0 Å². The Balaban J connectivity index is 4.32. The second-order valence-corrected chi connectivity index (χ2v) is 5.20. The summed E-state index contributed by atoms with van der Waals surface area (Å²) in [4.78, 5) is 23.3. The van der Waals surface area contributed by atoms with Gasteiger partial charge < -0.3 is 11.5 Å². The third kappa shape index (κ3) is 5.37. The molecule has 16 heavy (non-hydrogen) atoms. The zero-order valence-electron chi connectivity index (χ0n) is 10.7. The molecule has 0 aromatic rings. The molecule has 0 amide bonds. The summed E-state index contributed by atoms with van der Waals surface area (Å²) in [6.07, 6.45) is 1.05. The lowest BCUT2D eigenvalue weighted by Crippen LogP contribution is -2.45. The zero-order valence-corrected chi connectivity index (χ0v) is 10.7. The van der Waals surface area contributed by atoms with Crippen molar-refractivity contribution in [2.24, 2.45) is 23.3 Å². The van der Waals surface area contributed by atoms with Crippen molar-refractivity contribution in [3.05, 3.63) is 0 Å². The molecule has 0 unspecified atom stereocenters. The summed E-state index contributed by atoms with van der Waals surface area (Å²) in [5.74, 6) is -0.454. The summed E-state index contributed by atoms with van der Waals surface area (Å²) in [6, 6.07) is -1.41. The average molecular weight is 228 g/mol. The molecule has 0 heterocycles. The van der Waals surface area contributed by atoms with Crippen molar-refractivity contribution in [2.75, 3.05) is 0 Å². The molecule has 0 aromatic heterocycles. The molecule has 0 radical (unpaired) electrons. The van der Waals surface area contributed by atoms with Crippen LogP contribution in [0.4, 0.5) is 0 Å². The molecule has 0 saturated carbocycles. The topological polar surface area (TPSA) is 86.2 Å². The lowest BCUT2D eigenvalue weighted by molar-refractivity contribution is -0.138. The van der Waals surface area contributed by atoms with Gasteiger partial charge in [0.1, 0.15) is 0 Å². The molecule has 0 spiro atoms. The fourth-order valence-corrected chi connectivity index (χ4v) is 1.60. The minimum absolute atomic E-state index is 0.299. The first kappa shape index (κ1) is 15.3. The van der Waals surface area contributed by atoms with Crippen LogP contribution in [-0.4, -0.2) is 23.7 Å². The monoisotopic (exact) mass is 228 g/mol. The van der Waals surface area contributed by atoms with Crippen molar-refractivity contribution in [1.29, 1.82) is 0 Å². The molecule has 4 nitrogen and oxygen atoms in total. The number of ketones is 2. The number of Topliss-reactive ketones (excluding diaryl/α,β-unsaturated/α-hetero) is 2. The highest BCUT2D eigenvalue weighted by molar-refractivity contribution is 6.40. The van der Waals surface area contributed by atoms with Crippen molar-refractivity contribution in [3.63, 3.8) is 0 Å². The van der Waals surface area contributed by atoms with E-state index in [1.165, 1.54) is 0 Å². The van der Waals surface area contributed by atoms with Gasteiger partial charge in [0.05, 0.1) is 12.1 Å². The second-order valence-electron chi connectivity index (χ2n) is 5.20. The Kier molecular flexibility index (Phi) is 6.45. The van der Waals surface area contributed by atoms with Crippen LogP contribution in [0.3, 0.4) is 0 Å². The van der Waals surface area contributed by atoms with Crippen LogP contribution in [-0.2, 0) is 9.59 Å². The molecule has 0 aliphatic heterocycles. The maximum Gasteiger partial charge on any atom is 0.216 e. The van der Waals surface area contributed by atoms with Gasteiger partial charge in [-0.1, -0.05) is 27.7 Å². The van der Waals surface area contributed by atoms with Gasteiger partial charge in [-0.15, -0.1) is 0 Å². The first-order valence-electron chi connectivity index (χ1n) is 5.84. The Hall–Kier alpha value is -0.740. The van der Waals surface area contributed by atoms with Gasteiger partial charge in [-0.2, -0.15) is 0 Å². The Labute approximate surface area is 97.8 Å². The molecular formula is C12H24N2O2. The predicted octanol–water partition coefficient (Wildman–Crippen LogP) is 0.871. The Morgan fingerprint density at radius 2 is 1.06 bits per heavy atom. The second kappa shape index (κ2) is 6.76. The van der Waals surface area contributed by atoms with Crippen LogP contribution in [0.2, 0.25) is 0 Å². The minimum atomic E-state index is -0.703. The largest absolute Gasteiger partial charge is 0.321 e. The molecule has 2 atom stereocenters. The maximum atomic E-state index is 11.6. The summed E-state index contributed by atoms with van der Waals surface area (Å²) in [6.45, 7) is 7.86. The molecule has 4 N–H and O–H groups in total. The number of rotatable bonds is 7. The summed E-state index contributed by atoms with van der Waals surface area (Å²) in [5, 5.41) is 0. The van der Waals surface area contributed by atoms with E-state index in [0.29, 0.717) is 24.7 Å². The predicted molar refractivity (Wildman–Crippen MR) is 64.9 cm³/mol. The lowest BCUT2D eigenvalue weighted by atomic mass is 9.93. The molecular weight excluding hydrogens is 204 g/mol. The van der Waals surface area contributed by atoms with Gasteiger partial charge in [-0.05, 0) is 24.7 Å². The zero-order chi connectivity index (χ0) is 12.9. The number of hydrogen-bond acceptors (Lipinski definition) is 4. The van der Waals surface area contributed by atoms with Crippen LogP contribution >= 0.6 is 0 Å². The summed E-state index contributed by atoms with van der Waals surface area (Å²) < 4.78 is 0. The fraction of sp³-hybridized carbons (Fsp3) is 0.833. The van der Waals surface area contributed by atoms with Crippen LogP contribution in [0.25, 0.3) is 0 Å². The average Bonchev–Trinajstić information content (AvgIpc) is 2.13. The number of nitrogens with two attached hydrogens (primary N) is 2. The van der Waals surface area contributed by atoms with E-state index in [0.717, 1.165) is 0 Å². The number of hydrogen-bond donors (Lipinski definition) is 2. The first-order valence-corrected chi connectivity index (χ1v) is 5.84. The quantitative estimate of drug-likeness (QED) is 0.633. The van der Waals surface area contributed by atoms with Crippen molar-refractivity contribution in [1.82, 2.24) is 0 Å². The molecule has 0 aliphatic carbocycles. The third-order valence-corrected chi connectivity index (χ3v) is 2.37. The number of carbonyl (C=O) groups is 2. The van der Waals surface area contributed by atoms with Crippen molar-refractivity contribution >= 4 is 11.6 Å². The van der Waals surface area contributed by atoms with Crippen LogP contribution in [0, 0.1) is 11.8 Å². The standard InChI is InChI=1S/C12H24N2O2/c1-7(2)5-9(13)11(15)12(16)10(14)6-8(3)4/h7-10H,5-6,13-14H2,1-4H3/t9-,10-/m0/s1.